The normalized spacial score (nSPS) is 13.0. The maximum Gasteiger partial charge on any atom is 0.235 e. The molecule has 3 aliphatic rings. The largest absolute Gasteiger partial charge is 0.285 e. The van der Waals surface area contributed by atoms with Crippen molar-refractivity contribution in [2.24, 2.45) is 0 Å². The van der Waals surface area contributed by atoms with Crippen LogP contribution in [0.1, 0.15) is 62.1 Å². The molecule has 9 rings (SSSR count). The van der Waals surface area contributed by atoms with Gasteiger partial charge in [0, 0.05) is 56.7 Å². The van der Waals surface area contributed by atoms with Crippen LogP contribution < -0.4 is 0 Å². The van der Waals surface area contributed by atoms with Gasteiger partial charge >= 0.3 is 0 Å². The summed E-state index contributed by atoms with van der Waals surface area (Å²) in [6.07, 6.45) is 9.50. The summed E-state index contributed by atoms with van der Waals surface area (Å²) in [6.45, 7) is 0. The molecule has 0 saturated heterocycles. The Morgan fingerprint density at radius 1 is 0.265 bits per heavy atom. The van der Waals surface area contributed by atoms with Crippen LogP contribution in [-0.2, 0) is 19.5 Å². The van der Waals surface area contributed by atoms with Crippen LogP contribution in [-0.4, -0.2) is 64.6 Å². The monoisotopic (exact) mass is 732 g/mol. The standard InChI is InChI=1S/3C12H6N2O2.Ru/c3*15-11-7-3-1-5-13-9(7)10-8(12(11)16)4-2-6-14-10;/h3*1-6H;. The molecule has 0 aromatic carbocycles. The van der Waals surface area contributed by atoms with E-state index in [-0.39, 0.29) is 19.5 Å². The molecule has 0 radical (unpaired) electrons. The molecule has 0 spiro atoms. The van der Waals surface area contributed by atoms with Crippen molar-refractivity contribution in [1.29, 1.82) is 0 Å². The minimum absolute atomic E-state index is 0. The maximum absolute atomic E-state index is 11.8. The van der Waals surface area contributed by atoms with Crippen LogP contribution in [0, 0.1) is 0 Å². The number of pyridine rings is 6. The second kappa shape index (κ2) is 13.3. The minimum atomic E-state index is -0.511. The molecule has 3 aliphatic carbocycles. The van der Waals surface area contributed by atoms with Gasteiger partial charge in [-0.3, -0.25) is 58.7 Å². The number of carbonyl (C=O) groups is 6. The molecule has 0 bridgehead atoms. The van der Waals surface area contributed by atoms with E-state index in [0.29, 0.717) is 67.5 Å². The van der Waals surface area contributed by atoms with Crippen molar-refractivity contribution in [3.05, 3.63) is 143 Å². The number of Topliss-reactive ketones (excluding diaryl/α,β-unsaturated/α-hetero) is 6. The van der Waals surface area contributed by atoms with E-state index >= 15 is 0 Å². The van der Waals surface area contributed by atoms with E-state index in [4.69, 9.17) is 0 Å². The van der Waals surface area contributed by atoms with Gasteiger partial charge in [-0.15, -0.1) is 0 Å². The molecule has 0 atom stereocenters. The summed E-state index contributed by atoms with van der Waals surface area (Å²) in [5, 5.41) is 0. The topological polar surface area (TPSA) is 180 Å². The average Bonchev–Trinajstić information content (AvgIpc) is 3.15. The molecular formula is C36H18N6O6Ru. The Balaban J connectivity index is 0.000000126. The zero-order valence-electron chi connectivity index (χ0n) is 24.9. The fourth-order valence-electron chi connectivity index (χ4n) is 5.40. The van der Waals surface area contributed by atoms with Crippen LogP contribution in [0.3, 0.4) is 0 Å². The summed E-state index contributed by atoms with van der Waals surface area (Å²) in [7, 11) is 0. The van der Waals surface area contributed by atoms with Crippen LogP contribution in [0.25, 0.3) is 34.2 Å². The molecule has 49 heavy (non-hydrogen) atoms. The predicted molar refractivity (Wildman–Crippen MR) is 168 cm³/mol. The fraction of sp³-hybridized carbons (Fsp3) is 0. The number of ketones is 6. The molecule has 236 valence electrons. The molecule has 6 aromatic heterocycles. The first-order valence-corrected chi connectivity index (χ1v) is 14.3. The number of fused-ring (bicyclic) bond motifs is 9. The molecule has 0 amide bonds. The molecule has 12 nitrogen and oxygen atoms in total. The summed E-state index contributed by atoms with van der Waals surface area (Å²) < 4.78 is 0. The Hall–Kier alpha value is -6.46. The van der Waals surface area contributed by atoms with Crippen LogP contribution in [0.2, 0.25) is 0 Å². The van der Waals surface area contributed by atoms with Gasteiger partial charge in [0.2, 0.25) is 34.7 Å². The van der Waals surface area contributed by atoms with Crippen LogP contribution in [0.4, 0.5) is 0 Å². The van der Waals surface area contributed by atoms with Crippen LogP contribution in [0.15, 0.2) is 110 Å². The fourth-order valence-corrected chi connectivity index (χ4v) is 5.40. The smallest absolute Gasteiger partial charge is 0.235 e. The first kappa shape index (κ1) is 32.5. The first-order chi connectivity index (χ1) is 23.4. The van der Waals surface area contributed by atoms with Crippen molar-refractivity contribution in [1.82, 2.24) is 29.9 Å². The quantitative estimate of drug-likeness (QED) is 0.157. The Morgan fingerprint density at radius 2 is 0.408 bits per heavy atom. The second-order valence-electron chi connectivity index (χ2n) is 10.4. The molecule has 0 aliphatic heterocycles. The Kier molecular flexibility index (Phi) is 8.84. The third kappa shape index (κ3) is 5.62. The van der Waals surface area contributed by atoms with Gasteiger partial charge in [-0.2, -0.15) is 0 Å². The van der Waals surface area contributed by atoms with Crippen LogP contribution in [0.5, 0.6) is 0 Å². The van der Waals surface area contributed by atoms with E-state index in [0.717, 1.165) is 0 Å². The number of hydrogen-bond donors (Lipinski definition) is 0. The van der Waals surface area contributed by atoms with Crippen molar-refractivity contribution in [2.45, 2.75) is 0 Å². The van der Waals surface area contributed by atoms with E-state index in [2.05, 4.69) is 29.9 Å². The minimum Gasteiger partial charge on any atom is -0.285 e. The number of nitrogens with zero attached hydrogens (tertiary/aromatic N) is 6. The summed E-state index contributed by atoms with van der Waals surface area (Å²) >= 11 is 0. The van der Waals surface area contributed by atoms with Crippen molar-refractivity contribution in [2.75, 3.05) is 0 Å². The third-order valence-corrected chi connectivity index (χ3v) is 7.61. The molecular weight excluding hydrogens is 714 g/mol. The van der Waals surface area contributed by atoms with Crippen molar-refractivity contribution >= 4 is 34.7 Å². The number of hydrogen-bond acceptors (Lipinski definition) is 12. The van der Waals surface area contributed by atoms with Gasteiger partial charge < -0.3 is 0 Å². The Bertz CT molecular complexity index is 1960. The molecule has 0 N–H and O–H groups in total. The second-order valence-corrected chi connectivity index (χ2v) is 10.4. The van der Waals surface area contributed by atoms with Gasteiger partial charge in [0.05, 0.1) is 33.4 Å². The van der Waals surface area contributed by atoms with Crippen molar-refractivity contribution in [3.8, 4) is 34.2 Å². The summed E-state index contributed by atoms with van der Waals surface area (Å²) in [4.78, 5) is 95.2. The summed E-state index contributed by atoms with van der Waals surface area (Å²) in [6, 6.07) is 19.4. The Labute approximate surface area is 289 Å². The van der Waals surface area contributed by atoms with Gasteiger partial charge in [0.25, 0.3) is 0 Å². The van der Waals surface area contributed by atoms with E-state index in [9.17, 15) is 28.8 Å². The molecule has 6 heterocycles. The van der Waals surface area contributed by atoms with E-state index in [1.807, 2.05) is 0 Å². The van der Waals surface area contributed by atoms with Gasteiger partial charge in [0.1, 0.15) is 34.2 Å². The van der Waals surface area contributed by atoms with E-state index in [1.165, 1.54) is 0 Å². The summed E-state index contributed by atoms with van der Waals surface area (Å²) in [5.74, 6) is -3.06. The Morgan fingerprint density at radius 3 is 0.551 bits per heavy atom. The first-order valence-electron chi connectivity index (χ1n) is 14.3. The number of aromatic nitrogens is 6. The summed E-state index contributed by atoms with van der Waals surface area (Å²) in [5.41, 5.74) is 4.92. The SMILES string of the molecule is O=C1C(=O)c2cccnc2-c2ncccc21.O=C1C(=O)c2cccnc2-c2ncccc21.O=C1C(=O)c2cccnc2-c2ncccc21.[Ru]. The van der Waals surface area contributed by atoms with Gasteiger partial charge in [0.15, 0.2) is 0 Å². The maximum atomic E-state index is 11.8. The molecule has 0 saturated carbocycles. The zero-order chi connectivity index (χ0) is 33.4. The predicted octanol–water partition coefficient (Wildman–Crippen LogP) is 4.57. The molecule has 0 unspecified atom stereocenters. The van der Waals surface area contributed by atoms with Gasteiger partial charge in [-0.1, -0.05) is 0 Å². The average molecular weight is 732 g/mol. The van der Waals surface area contributed by atoms with Crippen molar-refractivity contribution < 1.29 is 48.2 Å². The zero-order valence-corrected chi connectivity index (χ0v) is 26.6. The molecule has 13 heteroatoms. The van der Waals surface area contributed by atoms with Crippen LogP contribution >= 0.6 is 0 Å². The van der Waals surface area contributed by atoms with Gasteiger partial charge in [-0.05, 0) is 72.8 Å². The molecule has 0 fully saturated rings. The van der Waals surface area contributed by atoms with Crippen molar-refractivity contribution in [3.63, 3.8) is 0 Å². The van der Waals surface area contributed by atoms with Gasteiger partial charge in [-0.25, -0.2) is 0 Å². The van der Waals surface area contributed by atoms with E-state index < -0.39 is 34.7 Å². The molecule has 6 aromatic rings. The number of rotatable bonds is 0. The third-order valence-electron chi connectivity index (χ3n) is 7.61. The number of carbonyl (C=O) groups excluding carboxylic acids is 6. The van der Waals surface area contributed by atoms with E-state index in [1.54, 1.807) is 110 Å².